The van der Waals surface area contributed by atoms with E-state index >= 15 is 0 Å². The molecule has 2 aromatic rings. The average Bonchev–Trinajstić information content (AvgIpc) is 3.68. The van der Waals surface area contributed by atoms with Crippen LogP contribution in [0.4, 0.5) is 0 Å². The van der Waals surface area contributed by atoms with E-state index in [1.165, 1.54) is 0 Å². The average molecular weight is 568 g/mol. The second-order valence-corrected chi connectivity index (χ2v) is 13.3. The Labute approximate surface area is 228 Å². The van der Waals surface area contributed by atoms with Crippen LogP contribution in [0, 0.1) is 5.41 Å². The maximum absolute atomic E-state index is 14.2. The number of halogens is 2. The smallest absolute Gasteiger partial charge is 0.304 e. The zero-order valence-electron chi connectivity index (χ0n) is 20.9. The molecule has 1 saturated carbocycles. The molecule has 2 N–H and O–H groups in total. The van der Waals surface area contributed by atoms with Crippen LogP contribution < -0.4 is 4.72 Å². The van der Waals surface area contributed by atoms with E-state index in [9.17, 15) is 23.1 Å². The van der Waals surface area contributed by atoms with Crippen LogP contribution in [-0.2, 0) is 19.6 Å². The maximum Gasteiger partial charge on any atom is 0.304 e. The summed E-state index contributed by atoms with van der Waals surface area (Å²) in [5.74, 6) is -1.64. The number of aliphatic carboxylic acids is 1. The van der Waals surface area contributed by atoms with E-state index < -0.39 is 33.5 Å². The van der Waals surface area contributed by atoms with Crippen LogP contribution >= 0.6 is 23.2 Å². The zero-order valence-corrected chi connectivity index (χ0v) is 23.2. The quantitative estimate of drug-likeness (QED) is 0.401. The molecule has 7 nitrogen and oxygen atoms in total. The Hall–Kier alpha value is -2.13. The van der Waals surface area contributed by atoms with Crippen LogP contribution in [0.5, 0.6) is 0 Å². The Morgan fingerprint density at radius 1 is 1.14 bits per heavy atom. The molecule has 1 heterocycles. The van der Waals surface area contributed by atoms with Gasteiger partial charge in [-0.1, -0.05) is 61.3 Å². The molecule has 2 aromatic carbocycles. The van der Waals surface area contributed by atoms with Crippen LogP contribution in [0.25, 0.3) is 0 Å². The summed E-state index contributed by atoms with van der Waals surface area (Å²) in [7, 11) is -3.47. The minimum absolute atomic E-state index is 0.0522. The van der Waals surface area contributed by atoms with Crippen LogP contribution in [0.2, 0.25) is 10.0 Å². The third-order valence-electron chi connectivity index (χ3n) is 7.48. The first-order valence-corrected chi connectivity index (χ1v) is 14.8. The Morgan fingerprint density at radius 2 is 1.81 bits per heavy atom. The maximum atomic E-state index is 14.2. The number of piperidine rings is 1. The second kappa shape index (κ2) is 10.9. The van der Waals surface area contributed by atoms with Crippen molar-refractivity contribution in [3.8, 4) is 0 Å². The summed E-state index contributed by atoms with van der Waals surface area (Å²) in [6.45, 7) is 3.64. The number of carbonyl (C=O) groups is 2. The molecule has 0 bridgehead atoms. The van der Waals surface area contributed by atoms with Crippen molar-refractivity contribution in [2.75, 3.05) is 6.54 Å². The first-order valence-electron chi connectivity index (χ1n) is 12.5. The van der Waals surface area contributed by atoms with E-state index in [2.05, 4.69) is 4.72 Å². The lowest BCUT2D eigenvalue weighted by Gasteiger charge is -2.52. The van der Waals surface area contributed by atoms with Crippen molar-refractivity contribution in [2.45, 2.75) is 69.2 Å². The van der Waals surface area contributed by atoms with Gasteiger partial charge in [-0.05, 0) is 61.1 Å². The fraction of sp³-hybridized carbons (Fsp3) is 0.481. The zero-order chi connectivity index (χ0) is 27.0. The van der Waals surface area contributed by atoms with Crippen molar-refractivity contribution in [3.05, 3.63) is 69.7 Å². The summed E-state index contributed by atoms with van der Waals surface area (Å²) < 4.78 is 28.0. The monoisotopic (exact) mass is 566 g/mol. The molecule has 1 saturated heterocycles. The molecular formula is C27H32Cl2N2O5S. The number of carbonyl (C=O) groups excluding carboxylic acids is 1. The van der Waals surface area contributed by atoms with Crippen molar-refractivity contribution in [2.24, 2.45) is 5.41 Å². The highest BCUT2D eigenvalue weighted by Gasteiger charge is 2.52. The van der Waals surface area contributed by atoms with Crippen molar-refractivity contribution in [3.63, 3.8) is 0 Å². The molecule has 1 amide bonds. The molecule has 0 radical (unpaired) electrons. The Bertz CT molecular complexity index is 1270. The first-order chi connectivity index (χ1) is 17.4. The highest BCUT2D eigenvalue weighted by molar-refractivity contribution is 7.90. The molecule has 1 aliphatic heterocycles. The lowest BCUT2D eigenvalue weighted by atomic mass is 9.67. The van der Waals surface area contributed by atoms with E-state index in [0.717, 1.165) is 11.1 Å². The van der Waals surface area contributed by atoms with Gasteiger partial charge in [0.25, 0.3) is 0 Å². The summed E-state index contributed by atoms with van der Waals surface area (Å²) in [5.41, 5.74) is 0.531. The highest BCUT2D eigenvalue weighted by atomic mass is 35.5. The topological polar surface area (TPSA) is 104 Å². The molecule has 37 heavy (non-hydrogen) atoms. The van der Waals surface area contributed by atoms with Crippen LogP contribution in [0.1, 0.15) is 69.0 Å². The molecule has 2 aliphatic rings. The number of nitrogens with zero attached hydrogens (tertiary/aromatic N) is 1. The number of sulfonamides is 1. The van der Waals surface area contributed by atoms with E-state index in [0.29, 0.717) is 35.7 Å². The van der Waals surface area contributed by atoms with Crippen LogP contribution in [-0.4, -0.2) is 48.1 Å². The number of hydrogen-bond acceptors (Lipinski definition) is 4. The summed E-state index contributed by atoms with van der Waals surface area (Å²) in [6.07, 6.45) is 1.71. The van der Waals surface area contributed by atoms with E-state index in [4.69, 9.17) is 23.2 Å². The molecule has 2 fully saturated rings. The van der Waals surface area contributed by atoms with Gasteiger partial charge in [0.15, 0.2) is 0 Å². The minimum Gasteiger partial charge on any atom is -0.481 e. The third kappa shape index (κ3) is 6.14. The minimum atomic E-state index is -3.47. The number of carboxylic acids is 1. The number of rotatable bonds is 10. The summed E-state index contributed by atoms with van der Waals surface area (Å²) in [4.78, 5) is 27.8. The Morgan fingerprint density at radius 3 is 2.38 bits per heavy atom. The summed E-state index contributed by atoms with van der Waals surface area (Å²) in [6, 6.07) is 13.7. The van der Waals surface area contributed by atoms with Crippen molar-refractivity contribution >= 4 is 45.1 Å². The first kappa shape index (κ1) is 27.9. The molecule has 10 heteroatoms. The predicted molar refractivity (Wildman–Crippen MR) is 144 cm³/mol. The highest BCUT2D eigenvalue weighted by Crippen LogP contribution is 2.52. The van der Waals surface area contributed by atoms with Gasteiger partial charge in [-0.3, -0.25) is 9.59 Å². The fourth-order valence-corrected chi connectivity index (χ4v) is 7.17. The van der Waals surface area contributed by atoms with Crippen molar-refractivity contribution in [1.82, 2.24) is 9.62 Å². The van der Waals surface area contributed by atoms with Gasteiger partial charge in [0.1, 0.15) is 0 Å². The van der Waals surface area contributed by atoms with Gasteiger partial charge in [0.05, 0.1) is 23.1 Å². The lowest BCUT2D eigenvalue weighted by molar-refractivity contribution is -0.160. The summed E-state index contributed by atoms with van der Waals surface area (Å²) >= 11 is 12.5. The van der Waals surface area contributed by atoms with E-state index in [1.807, 2.05) is 37.3 Å². The normalized spacial score (nSPS) is 25.2. The summed E-state index contributed by atoms with van der Waals surface area (Å²) in [5, 5.41) is 10.4. The van der Waals surface area contributed by atoms with E-state index in [1.54, 1.807) is 30.0 Å². The number of hydrogen-bond donors (Lipinski definition) is 2. The molecule has 0 aromatic heterocycles. The molecule has 1 aliphatic carbocycles. The van der Waals surface area contributed by atoms with E-state index in [-0.39, 0.29) is 30.0 Å². The largest absolute Gasteiger partial charge is 0.481 e. The fourth-order valence-electron chi connectivity index (χ4n) is 5.43. The standard InChI is InChI=1S/C27H32Cl2N2O5S/c1-3-21(16-30-37(35,36)22-11-12-22)31-25(17-7-9-19(28)10-8-17)23(18-5-4-6-20(29)13-18)14-27(2,26(31)34)15-24(32)33/h4-10,13,21-23,25,30H,3,11-12,14-16H2,1-2H3,(H,32,33)/t21-,23+,25+,27-/m0/s1. The molecule has 4 rings (SSSR count). The molecule has 4 atom stereocenters. The SMILES string of the molecule is CC[C@@H](CNS(=O)(=O)C1CC1)N1C(=O)[C@](C)(CC(=O)O)C[C@H](c2cccc(Cl)c2)[C@H]1c1ccc(Cl)cc1. The van der Waals surface area contributed by atoms with Gasteiger partial charge in [0.2, 0.25) is 15.9 Å². The van der Waals surface area contributed by atoms with Gasteiger partial charge >= 0.3 is 5.97 Å². The number of amides is 1. The second-order valence-electron chi connectivity index (χ2n) is 10.4. The van der Waals surface area contributed by atoms with Crippen LogP contribution in [0.3, 0.4) is 0 Å². The van der Waals surface area contributed by atoms with Gasteiger partial charge in [0, 0.05) is 28.5 Å². The van der Waals surface area contributed by atoms with Gasteiger partial charge in [-0.15, -0.1) is 0 Å². The van der Waals surface area contributed by atoms with Gasteiger partial charge in [-0.2, -0.15) is 0 Å². The van der Waals surface area contributed by atoms with Crippen molar-refractivity contribution in [1.29, 1.82) is 0 Å². The number of nitrogens with one attached hydrogen (secondary N) is 1. The Balaban J connectivity index is 1.83. The lowest BCUT2D eigenvalue weighted by Crippen LogP contribution is -2.58. The Kier molecular flexibility index (Phi) is 8.24. The van der Waals surface area contributed by atoms with Gasteiger partial charge in [-0.25, -0.2) is 13.1 Å². The van der Waals surface area contributed by atoms with Crippen molar-refractivity contribution < 1.29 is 23.1 Å². The number of carboxylic acid groups (broad SMARTS) is 1. The molecule has 0 unspecified atom stereocenters. The molecular weight excluding hydrogens is 535 g/mol. The van der Waals surface area contributed by atoms with Crippen LogP contribution in [0.15, 0.2) is 48.5 Å². The number of likely N-dealkylation sites (tertiary alicyclic amines) is 1. The predicted octanol–water partition coefficient (Wildman–Crippen LogP) is 5.39. The van der Waals surface area contributed by atoms with Gasteiger partial charge < -0.3 is 10.0 Å². The number of benzene rings is 2. The molecule has 0 spiro atoms. The third-order valence-corrected chi connectivity index (χ3v) is 9.88. The molecule has 200 valence electrons.